The second-order valence-electron chi connectivity index (χ2n) is 7.22. The van der Waals surface area contributed by atoms with E-state index >= 15 is 0 Å². The van der Waals surface area contributed by atoms with Crippen molar-refractivity contribution in [3.05, 3.63) is 90.0 Å². The number of amides is 1. The Morgan fingerprint density at radius 1 is 0.882 bits per heavy atom. The minimum absolute atomic E-state index is 0.00547. The van der Waals surface area contributed by atoms with Gasteiger partial charge in [-0.25, -0.2) is 13.2 Å². The summed E-state index contributed by atoms with van der Waals surface area (Å²) in [4.78, 5) is 24.6. The zero-order chi connectivity index (χ0) is 24.4. The second kappa shape index (κ2) is 11.9. The first-order chi connectivity index (χ1) is 16.4. The van der Waals surface area contributed by atoms with Gasteiger partial charge in [-0.1, -0.05) is 42.5 Å². The van der Waals surface area contributed by atoms with Crippen molar-refractivity contribution in [1.29, 1.82) is 0 Å². The lowest BCUT2D eigenvalue weighted by molar-refractivity contribution is -0.124. The summed E-state index contributed by atoms with van der Waals surface area (Å²) in [5, 5.41) is 2.69. The average Bonchev–Trinajstić information content (AvgIpc) is 2.84. The SMILES string of the molecule is CCOc1ccc(S(=O)(=O)Nc2ccccc2C(=O)OCC(=O)NCCc2ccccc2)cc1. The van der Waals surface area contributed by atoms with Crippen LogP contribution >= 0.6 is 0 Å². The molecule has 0 saturated carbocycles. The van der Waals surface area contributed by atoms with Gasteiger partial charge in [0.25, 0.3) is 15.9 Å². The van der Waals surface area contributed by atoms with Gasteiger partial charge in [0.1, 0.15) is 5.75 Å². The lowest BCUT2D eigenvalue weighted by Gasteiger charge is -2.13. The van der Waals surface area contributed by atoms with E-state index in [0.717, 1.165) is 5.56 Å². The third-order valence-corrected chi connectivity index (χ3v) is 6.13. The number of hydrogen-bond donors (Lipinski definition) is 2. The van der Waals surface area contributed by atoms with Crippen LogP contribution in [-0.4, -0.2) is 40.1 Å². The fourth-order valence-corrected chi connectivity index (χ4v) is 4.17. The Balaban J connectivity index is 1.58. The van der Waals surface area contributed by atoms with E-state index in [1.54, 1.807) is 24.3 Å². The number of nitrogens with one attached hydrogen (secondary N) is 2. The molecule has 3 rings (SSSR count). The van der Waals surface area contributed by atoms with Gasteiger partial charge in [-0.05, 0) is 55.3 Å². The van der Waals surface area contributed by atoms with Crippen LogP contribution in [0.25, 0.3) is 0 Å². The molecule has 0 aromatic heterocycles. The smallest absolute Gasteiger partial charge is 0.340 e. The maximum absolute atomic E-state index is 12.8. The zero-order valence-corrected chi connectivity index (χ0v) is 19.5. The summed E-state index contributed by atoms with van der Waals surface area (Å²) in [7, 11) is -3.96. The molecule has 34 heavy (non-hydrogen) atoms. The third-order valence-electron chi connectivity index (χ3n) is 4.75. The Morgan fingerprint density at radius 2 is 1.56 bits per heavy atom. The summed E-state index contributed by atoms with van der Waals surface area (Å²) < 4.78 is 38.4. The monoisotopic (exact) mass is 482 g/mol. The lowest BCUT2D eigenvalue weighted by Crippen LogP contribution is -2.30. The molecule has 0 atom stereocenters. The van der Waals surface area contributed by atoms with Gasteiger partial charge in [0.15, 0.2) is 6.61 Å². The number of benzene rings is 3. The van der Waals surface area contributed by atoms with E-state index in [1.807, 2.05) is 37.3 Å². The average molecular weight is 483 g/mol. The number of esters is 1. The number of anilines is 1. The van der Waals surface area contributed by atoms with E-state index in [4.69, 9.17) is 9.47 Å². The minimum atomic E-state index is -3.96. The molecule has 3 aromatic carbocycles. The van der Waals surface area contributed by atoms with Crippen molar-refractivity contribution < 1.29 is 27.5 Å². The van der Waals surface area contributed by atoms with Crippen molar-refractivity contribution in [3.8, 4) is 5.75 Å². The highest BCUT2D eigenvalue weighted by Gasteiger charge is 2.20. The Morgan fingerprint density at radius 3 is 2.26 bits per heavy atom. The van der Waals surface area contributed by atoms with E-state index in [-0.39, 0.29) is 16.1 Å². The molecular weight excluding hydrogens is 456 g/mol. The summed E-state index contributed by atoms with van der Waals surface area (Å²) in [6.45, 7) is 2.22. The molecule has 0 radical (unpaired) electrons. The summed E-state index contributed by atoms with van der Waals surface area (Å²) >= 11 is 0. The molecule has 0 fully saturated rings. The molecule has 0 aliphatic carbocycles. The number of hydrogen-bond acceptors (Lipinski definition) is 6. The van der Waals surface area contributed by atoms with Gasteiger partial charge in [0.2, 0.25) is 0 Å². The lowest BCUT2D eigenvalue weighted by atomic mass is 10.1. The van der Waals surface area contributed by atoms with Gasteiger partial charge >= 0.3 is 5.97 Å². The molecule has 0 heterocycles. The molecule has 0 saturated heterocycles. The predicted octanol–water partition coefficient (Wildman–Crippen LogP) is 3.40. The Labute approximate surface area is 199 Å². The van der Waals surface area contributed by atoms with E-state index in [2.05, 4.69) is 10.0 Å². The van der Waals surface area contributed by atoms with Crippen molar-refractivity contribution in [2.45, 2.75) is 18.2 Å². The van der Waals surface area contributed by atoms with Crippen LogP contribution in [0, 0.1) is 0 Å². The van der Waals surface area contributed by atoms with Crippen LogP contribution in [-0.2, 0) is 26.0 Å². The Hall–Kier alpha value is -3.85. The molecule has 0 aliphatic heterocycles. The highest BCUT2D eigenvalue weighted by atomic mass is 32.2. The molecule has 2 N–H and O–H groups in total. The van der Waals surface area contributed by atoms with Gasteiger partial charge in [-0.2, -0.15) is 0 Å². The standard InChI is InChI=1S/C25H26N2O6S/c1-2-32-20-12-14-21(15-13-20)34(30,31)27-23-11-7-6-10-22(23)25(29)33-18-24(28)26-17-16-19-8-4-3-5-9-19/h3-15,27H,2,16-18H2,1H3,(H,26,28). The fourth-order valence-electron chi connectivity index (χ4n) is 3.09. The first-order valence-electron chi connectivity index (χ1n) is 10.7. The molecule has 8 nitrogen and oxygen atoms in total. The topological polar surface area (TPSA) is 111 Å². The second-order valence-corrected chi connectivity index (χ2v) is 8.90. The van der Waals surface area contributed by atoms with Crippen LogP contribution in [0.15, 0.2) is 83.8 Å². The van der Waals surface area contributed by atoms with Crippen molar-refractivity contribution in [3.63, 3.8) is 0 Å². The normalized spacial score (nSPS) is 10.9. The van der Waals surface area contributed by atoms with Gasteiger partial charge in [-0.15, -0.1) is 0 Å². The van der Waals surface area contributed by atoms with E-state index < -0.39 is 28.5 Å². The van der Waals surface area contributed by atoms with Crippen LogP contribution in [0.2, 0.25) is 0 Å². The summed E-state index contributed by atoms with van der Waals surface area (Å²) in [5.74, 6) is -0.715. The fraction of sp³-hybridized carbons (Fsp3) is 0.200. The summed E-state index contributed by atoms with van der Waals surface area (Å²) in [5.41, 5.74) is 1.12. The predicted molar refractivity (Wildman–Crippen MR) is 128 cm³/mol. The molecule has 0 spiro atoms. The number of rotatable bonds is 11. The van der Waals surface area contributed by atoms with Crippen LogP contribution < -0.4 is 14.8 Å². The van der Waals surface area contributed by atoms with Crippen LogP contribution in [0.4, 0.5) is 5.69 Å². The highest BCUT2D eigenvalue weighted by Crippen LogP contribution is 2.22. The van der Waals surface area contributed by atoms with Crippen LogP contribution in [0.3, 0.4) is 0 Å². The van der Waals surface area contributed by atoms with Gasteiger partial charge in [0, 0.05) is 6.54 Å². The number of ether oxygens (including phenoxy) is 2. The molecule has 0 bridgehead atoms. The largest absolute Gasteiger partial charge is 0.494 e. The molecular formula is C25H26N2O6S. The zero-order valence-electron chi connectivity index (χ0n) is 18.7. The van der Waals surface area contributed by atoms with Crippen molar-refractivity contribution >= 4 is 27.6 Å². The number of carbonyl (C=O) groups is 2. The van der Waals surface area contributed by atoms with Crippen molar-refractivity contribution in [1.82, 2.24) is 5.32 Å². The molecule has 1 amide bonds. The first kappa shape index (κ1) is 24.8. The van der Waals surface area contributed by atoms with E-state index in [0.29, 0.717) is 25.3 Å². The Kier molecular flexibility index (Phi) is 8.64. The highest BCUT2D eigenvalue weighted by molar-refractivity contribution is 7.92. The summed E-state index contributed by atoms with van der Waals surface area (Å²) in [6, 6.07) is 21.6. The molecule has 9 heteroatoms. The molecule has 0 unspecified atom stereocenters. The third kappa shape index (κ3) is 7.08. The van der Waals surface area contributed by atoms with Crippen molar-refractivity contribution in [2.75, 3.05) is 24.5 Å². The summed E-state index contributed by atoms with van der Waals surface area (Å²) in [6.07, 6.45) is 0.649. The maximum Gasteiger partial charge on any atom is 0.340 e. The van der Waals surface area contributed by atoms with Gasteiger partial charge < -0.3 is 14.8 Å². The number of sulfonamides is 1. The number of carbonyl (C=O) groups excluding carboxylic acids is 2. The molecule has 178 valence electrons. The molecule has 3 aromatic rings. The number of para-hydroxylation sites is 1. The first-order valence-corrected chi connectivity index (χ1v) is 12.2. The Bertz CT molecular complexity index is 1210. The van der Waals surface area contributed by atoms with E-state index in [9.17, 15) is 18.0 Å². The maximum atomic E-state index is 12.8. The van der Waals surface area contributed by atoms with Gasteiger partial charge in [0.05, 0.1) is 22.8 Å². The van der Waals surface area contributed by atoms with Crippen LogP contribution in [0.5, 0.6) is 5.75 Å². The van der Waals surface area contributed by atoms with E-state index in [1.165, 1.54) is 24.3 Å². The quantitative estimate of drug-likeness (QED) is 0.405. The van der Waals surface area contributed by atoms with Gasteiger partial charge in [-0.3, -0.25) is 9.52 Å². The molecule has 0 aliphatic rings. The van der Waals surface area contributed by atoms with Crippen molar-refractivity contribution in [2.24, 2.45) is 0 Å². The minimum Gasteiger partial charge on any atom is -0.494 e. The van der Waals surface area contributed by atoms with Crippen LogP contribution in [0.1, 0.15) is 22.8 Å².